The molecule has 4 nitrogen and oxygen atoms in total. The van der Waals surface area contributed by atoms with Gasteiger partial charge in [0.2, 0.25) is 10.0 Å². The summed E-state index contributed by atoms with van der Waals surface area (Å²) in [6.45, 7) is 8.63. The van der Waals surface area contributed by atoms with Crippen molar-refractivity contribution in [3.8, 4) is 0 Å². The van der Waals surface area contributed by atoms with Crippen LogP contribution in [0.25, 0.3) is 0 Å². The quantitative estimate of drug-likeness (QED) is 0.805. The Hall–Kier alpha value is -0.910. The first-order valence-corrected chi connectivity index (χ1v) is 8.25. The second-order valence-electron chi connectivity index (χ2n) is 5.38. The SMILES string of the molecule is CC(C)NCc1ccc(CS(=O)(=O)NC(C)C)cc1. The van der Waals surface area contributed by atoms with Crippen molar-refractivity contribution in [2.45, 2.75) is 52.1 Å². The van der Waals surface area contributed by atoms with E-state index < -0.39 is 10.0 Å². The Balaban J connectivity index is 2.62. The molecule has 0 aliphatic carbocycles. The third-order valence-corrected chi connectivity index (χ3v) is 4.05. The number of rotatable bonds is 7. The normalized spacial score (nSPS) is 12.3. The molecule has 0 unspecified atom stereocenters. The summed E-state index contributed by atoms with van der Waals surface area (Å²) in [6.07, 6.45) is 0. The number of sulfonamides is 1. The second kappa shape index (κ2) is 7.03. The van der Waals surface area contributed by atoms with E-state index in [9.17, 15) is 8.42 Å². The van der Waals surface area contributed by atoms with Gasteiger partial charge in [-0.05, 0) is 25.0 Å². The number of benzene rings is 1. The lowest BCUT2D eigenvalue weighted by Crippen LogP contribution is -2.31. The monoisotopic (exact) mass is 284 g/mol. The molecule has 1 aromatic carbocycles. The summed E-state index contributed by atoms with van der Waals surface area (Å²) < 4.78 is 26.2. The lowest BCUT2D eigenvalue weighted by Gasteiger charge is -2.11. The van der Waals surface area contributed by atoms with Crippen molar-refractivity contribution in [2.75, 3.05) is 0 Å². The summed E-state index contributed by atoms with van der Waals surface area (Å²) in [7, 11) is -3.24. The fraction of sp³-hybridized carbons (Fsp3) is 0.571. The minimum atomic E-state index is -3.24. The van der Waals surface area contributed by atoms with Gasteiger partial charge in [-0.3, -0.25) is 0 Å². The molecule has 1 rings (SSSR count). The minimum absolute atomic E-state index is 0.0308. The first-order valence-electron chi connectivity index (χ1n) is 6.59. The topological polar surface area (TPSA) is 58.2 Å². The van der Waals surface area contributed by atoms with Crippen molar-refractivity contribution in [1.29, 1.82) is 0 Å². The van der Waals surface area contributed by atoms with Crippen LogP contribution in [-0.2, 0) is 22.3 Å². The van der Waals surface area contributed by atoms with Crippen molar-refractivity contribution in [2.24, 2.45) is 0 Å². The van der Waals surface area contributed by atoms with Gasteiger partial charge in [0, 0.05) is 18.6 Å². The van der Waals surface area contributed by atoms with Gasteiger partial charge in [0.1, 0.15) is 0 Å². The predicted molar refractivity (Wildman–Crippen MR) is 79.3 cm³/mol. The third-order valence-electron chi connectivity index (χ3n) is 2.51. The predicted octanol–water partition coefficient (Wildman–Crippen LogP) is 2.01. The van der Waals surface area contributed by atoms with Crippen LogP contribution in [0.1, 0.15) is 38.8 Å². The third kappa shape index (κ3) is 6.71. The van der Waals surface area contributed by atoms with Crippen LogP contribution in [0.15, 0.2) is 24.3 Å². The van der Waals surface area contributed by atoms with Gasteiger partial charge in [0.15, 0.2) is 0 Å². The molecule has 0 atom stereocenters. The molecule has 0 aliphatic heterocycles. The van der Waals surface area contributed by atoms with Gasteiger partial charge in [-0.1, -0.05) is 38.1 Å². The smallest absolute Gasteiger partial charge is 0.216 e. The Morgan fingerprint density at radius 1 is 0.947 bits per heavy atom. The fourth-order valence-electron chi connectivity index (χ4n) is 1.70. The number of hydrogen-bond acceptors (Lipinski definition) is 3. The second-order valence-corrected chi connectivity index (χ2v) is 7.14. The van der Waals surface area contributed by atoms with Crippen LogP contribution < -0.4 is 10.0 Å². The Bertz CT molecular complexity index is 479. The first kappa shape index (κ1) is 16.1. The highest BCUT2D eigenvalue weighted by Crippen LogP contribution is 2.08. The van der Waals surface area contributed by atoms with Crippen molar-refractivity contribution in [3.05, 3.63) is 35.4 Å². The summed E-state index contributed by atoms with van der Waals surface area (Å²) in [4.78, 5) is 0. The summed E-state index contributed by atoms with van der Waals surface area (Å²) in [5, 5.41) is 3.32. The van der Waals surface area contributed by atoms with Crippen LogP contribution >= 0.6 is 0 Å². The Morgan fingerprint density at radius 2 is 1.47 bits per heavy atom. The average Bonchev–Trinajstić information content (AvgIpc) is 2.25. The molecule has 19 heavy (non-hydrogen) atoms. The van der Waals surface area contributed by atoms with Crippen molar-refractivity contribution >= 4 is 10.0 Å². The van der Waals surface area contributed by atoms with Crippen LogP contribution in [0, 0.1) is 0 Å². The minimum Gasteiger partial charge on any atom is -0.310 e. The summed E-state index contributed by atoms with van der Waals surface area (Å²) in [5.74, 6) is 0.0308. The average molecular weight is 284 g/mol. The molecule has 0 bridgehead atoms. The summed E-state index contributed by atoms with van der Waals surface area (Å²) in [5.41, 5.74) is 1.97. The van der Waals surface area contributed by atoms with E-state index in [1.54, 1.807) is 0 Å². The van der Waals surface area contributed by atoms with Gasteiger partial charge in [0.05, 0.1) is 5.75 Å². The van der Waals surface area contributed by atoms with Gasteiger partial charge < -0.3 is 5.32 Å². The lowest BCUT2D eigenvalue weighted by atomic mass is 10.1. The molecule has 0 saturated carbocycles. The highest BCUT2D eigenvalue weighted by Gasteiger charge is 2.12. The molecule has 0 amide bonds. The van der Waals surface area contributed by atoms with Crippen molar-refractivity contribution < 1.29 is 8.42 Å². The molecule has 0 saturated heterocycles. The van der Waals surface area contributed by atoms with Crippen LogP contribution in [-0.4, -0.2) is 20.5 Å². The van der Waals surface area contributed by atoms with E-state index in [1.807, 2.05) is 38.1 Å². The van der Waals surface area contributed by atoms with Crippen LogP contribution in [0.3, 0.4) is 0 Å². The molecule has 2 N–H and O–H groups in total. The van der Waals surface area contributed by atoms with E-state index in [1.165, 1.54) is 0 Å². The van der Waals surface area contributed by atoms with Gasteiger partial charge in [0.25, 0.3) is 0 Å². The van der Waals surface area contributed by atoms with E-state index in [0.29, 0.717) is 6.04 Å². The van der Waals surface area contributed by atoms with Crippen LogP contribution in [0.5, 0.6) is 0 Å². The number of nitrogens with one attached hydrogen (secondary N) is 2. The molecule has 0 spiro atoms. The van der Waals surface area contributed by atoms with Gasteiger partial charge in [-0.25, -0.2) is 13.1 Å². The highest BCUT2D eigenvalue weighted by molar-refractivity contribution is 7.88. The maximum absolute atomic E-state index is 11.8. The zero-order valence-corrected chi connectivity index (χ0v) is 12.9. The van der Waals surface area contributed by atoms with Crippen LogP contribution in [0.2, 0.25) is 0 Å². The maximum Gasteiger partial charge on any atom is 0.216 e. The lowest BCUT2D eigenvalue weighted by molar-refractivity contribution is 0.569. The Morgan fingerprint density at radius 3 is 1.95 bits per heavy atom. The zero-order chi connectivity index (χ0) is 14.5. The Labute approximate surface area is 116 Å². The summed E-state index contributed by atoms with van der Waals surface area (Å²) >= 11 is 0. The highest BCUT2D eigenvalue weighted by atomic mass is 32.2. The van der Waals surface area contributed by atoms with E-state index in [0.717, 1.165) is 17.7 Å². The fourth-order valence-corrected chi connectivity index (χ4v) is 3.13. The van der Waals surface area contributed by atoms with Crippen LogP contribution in [0.4, 0.5) is 0 Å². The van der Waals surface area contributed by atoms with E-state index in [2.05, 4.69) is 23.9 Å². The molecule has 0 fully saturated rings. The number of hydrogen-bond donors (Lipinski definition) is 2. The van der Waals surface area contributed by atoms with Gasteiger partial charge >= 0.3 is 0 Å². The molecule has 1 aromatic rings. The van der Waals surface area contributed by atoms with Crippen molar-refractivity contribution in [1.82, 2.24) is 10.0 Å². The molecular weight excluding hydrogens is 260 g/mol. The molecule has 108 valence electrons. The molecule has 0 aromatic heterocycles. The van der Waals surface area contributed by atoms with E-state index in [4.69, 9.17) is 0 Å². The van der Waals surface area contributed by atoms with Crippen molar-refractivity contribution in [3.63, 3.8) is 0 Å². The largest absolute Gasteiger partial charge is 0.310 e. The zero-order valence-electron chi connectivity index (χ0n) is 12.1. The van der Waals surface area contributed by atoms with E-state index >= 15 is 0 Å². The molecular formula is C14H24N2O2S. The Kier molecular flexibility index (Phi) is 5.97. The maximum atomic E-state index is 11.8. The molecule has 0 heterocycles. The standard InChI is InChI=1S/C14H24N2O2S/c1-11(2)15-9-13-5-7-14(8-6-13)10-19(17,18)16-12(3)4/h5-8,11-12,15-16H,9-10H2,1-4H3. The summed E-state index contributed by atoms with van der Waals surface area (Å²) in [6, 6.07) is 8.05. The van der Waals surface area contributed by atoms with Gasteiger partial charge in [-0.2, -0.15) is 0 Å². The molecule has 0 aliphatic rings. The van der Waals surface area contributed by atoms with Gasteiger partial charge in [-0.15, -0.1) is 0 Å². The first-order chi connectivity index (χ1) is 8.78. The molecule has 5 heteroatoms. The molecule has 0 radical (unpaired) electrons. The van der Waals surface area contributed by atoms with E-state index in [-0.39, 0.29) is 11.8 Å².